The number of sulfonamides is 1. The number of nitrogens with two attached hydrogens (primary N) is 1. The molecule has 0 saturated heterocycles. The highest BCUT2D eigenvalue weighted by Gasteiger charge is 2.18. The average molecular weight is 392 g/mol. The van der Waals surface area contributed by atoms with Crippen LogP contribution >= 0.6 is 11.3 Å². The summed E-state index contributed by atoms with van der Waals surface area (Å²) in [6, 6.07) is 5.93. The van der Waals surface area contributed by atoms with E-state index in [9.17, 15) is 18.0 Å². The second-order valence-electron chi connectivity index (χ2n) is 5.77. The number of thiophene rings is 1. The Bertz CT molecular complexity index is 1160. The summed E-state index contributed by atoms with van der Waals surface area (Å²) in [7, 11) is -2.14. The topological polar surface area (TPSA) is 124 Å². The Morgan fingerprint density at radius 2 is 1.96 bits per heavy atom. The molecule has 0 aliphatic rings. The SMILES string of the molecule is Cc1c(C(=O)NCc2ccc(S(N)(=O)=O)cc2)sc2ncn(C)c(=O)c12. The molecular formula is C16H16N4O4S2. The summed E-state index contributed by atoms with van der Waals surface area (Å²) >= 11 is 1.16. The molecule has 2 heterocycles. The van der Waals surface area contributed by atoms with Crippen LogP contribution in [0.25, 0.3) is 10.2 Å². The van der Waals surface area contributed by atoms with Gasteiger partial charge in [0, 0.05) is 13.6 Å². The van der Waals surface area contributed by atoms with Crippen LogP contribution in [0.3, 0.4) is 0 Å². The number of fused-ring (bicyclic) bond motifs is 1. The number of hydrogen-bond acceptors (Lipinski definition) is 6. The highest BCUT2D eigenvalue weighted by Crippen LogP contribution is 2.26. The van der Waals surface area contributed by atoms with Crippen molar-refractivity contribution < 1.29 is 13.2 Å². The summed E-state index contributed by atoms with van der Waals surface area (Å²) in [5.74, 6) is -0.317. The molecule has 3 rings (SSSR count). The Kier molecular flexibility index (Phi) is 4.65. The highest BCUT2D eigenvalue weighted by molar-refractivity contribution is 7.89. The number of aryl methyl sites for hydroxylation is 2. The quantitative estimate of drug-likeness (QED) is 0.682. The number of nitrogens with zero attached hydrogens (tertiary/aromatic N) is 2. The van der Waals surface area contributed by atoms with Crippen LogP contribution in [-0.2, 0) is 23.6 Å². The van der Waals surface area contributed by atoms with Crippen LogP contribution in [0.4, 0.5) is 0 Å². The molecule has 8 nitrogen and oxygen atoms in total. The van der Waals surface area contributed by atoms with Crippen molar-refractivity contribution >= 4 is 37.5 Å². The molecule has 10 heteroatoms. The zero-order valence-electron chi connectivity index (χ0n) is 14.0. The summed E-state index contributed by atoms with van der Waals surface area (Å²) in [5.41, 5.74) is 1.13. The summed E-state index contributed by atoms with van der Waals surface area (Å²) in [6.45, 7) is 1.93. The van der Waals surface area contributed by atoms with Gasteiger partial charge in [-0.1, -0.05) is 12.1 Å². The fraction of sp³-hybridized carbons (Fsp3) is 0.188. The summed E-state index contributed by atoms with van der Waals surface area (Å²) in [4.78, 5) is 29.8. The molecule has 0 fully saturated rings. The maximum absolute atomic E-state index is 12.5. The van der Waals surface area contributed by atoms with Gasteiger partial charge in [0.05, 0.1) is 21.5 Å². The second kappa shape index (κ2) is 6.63. The Labute approximate surface area is 153 Å². The number of aromatic nitrogens is 2. The zero-order valence-corrected chi connectivity index (χ0v) is 15.6. The van der Waals surface area contributed by atoms with Gasteiger partial charge in [0.25, 0.3) is 11.5 Å². The molecule has 1 amide bonds. The van der Waals surface area contributed by atoms with Crippen molar-refractivity contribution in [3.05, 3.63) is 57.0 Å². The number of benzene rings is 1. The van der Waals surface area contributed by atoms with Crippen LogP contribution in [0.5, 0.6) is 0 Å². The number of carbonyl (C=O) groups excluding carboxylic acids is 1. The van der Waals surface area contributed by atoms with E-state index in [1.807, 2.05) is 0 Å². The molecule has 0 spiro atoms. The Balaban J connectivity index is 1.81. The predicted octanol–water partition coefficient (Wildman–Crippen LogP) is 0.881. The molecule has 0 aliphatic carbocycles. The van der Waals surface area contributed by atoms with Gasteiger partial charge in [-0.25, -0.2) is 18.5 Å². The molecule has 0 aliphatic heterocycles. The summed E-state index contributed by atoms with van der Waals surface area (Å²) < 4.78 is 23.9. The normalized spacial score (nSPS) is 11.7. The van der Waals surface area contributed by atoms with Crippen LogP contribution in [-0.4, -0.2) is 23.9 Å². The zero-order chi connectivity index (χ0) is 19.1. The minimum absolute atomic E-state index is 0.00912. The van der Waals surface area contributed by atoms with Gasteiger partial charge < -0.3 is 9.88 Å². The highest BCUT2D eigenvalue weighted by atomic mass is 32.2. The molecule has 3 N–H and O–H groups in total. The average Bonchev–Trinajstić information content (AvgIpc) is 2.93. The summed E-state index contributed by atoms with van der Waals surface area (Å²) in [5, 5.41) is 8.26. The number of rotatable bonds is 4. The first kappa shape index (κ1) is 18.2. The van der Waals surface area contributed by atoms with Gasteiger partial charge in [-0.15, -0.1) is 11.3 Å². The lowest BCUT2D eigenvalue weighted by atomic mass is 10.2. The molecule has 136 valence electrons. The lowest BCUT2D eigenvalue weighted by Gasteiger charge is -2.05. The number of nitrogens with one attached hydrogen (secondary N) is 1. The Morgan fingerprint density at radius 3 is 2.58 bits per heavy atom. The molecular weight excluding hydrogens is 376 g/mol. The lowest BCUT2D eigenvalue weighted by Crippen LogP contribution is -2.23. The van der Waals surface area contributed by atoms with Crippen molar-refractivity contribution in [2.45, 2.75) is 18.4 Å². The minimum Gasteiger partial charge on any atom is -0.347 e. The third kappa shape index (κ3) is 3.39. The van der Waals surface area contributed by atoms with Crippen molar-refractivity contribution in [3.63, 3.8) is 0 Å². The Hall–Kier alpha value is -2.56. The minimum atomic E-state index is -3.75. The number of carbonyl (C=O) groups is 1. The van der Waals surface area contributed by atoms with Crippen LogP contribution in [0.2, 0.25) is 0 Å². The van der Waals surface area contributed by atoms with Crippen LogP contribution < -0.4 is 16.0 Å². The van der Waals surface area contributed by atoms with Crippen LogP contribution in [0.15, 0.2) is 40.3 Å². The molecule has 0 bridgehead atoms. The van der Waals surface area contributed by atoms with E-state index in [2.05, 4.69) is 10.3 Å². The first-order valence-electron chi connectivity index (χ1n) is 7.53. The monoisotopic (exact) mass is 392 g/mol. The van der Waals surface area contributed by atoms with Gasteiger partial charge in [-0.2, -0.15) is 0 Å². The molecule has 0 radical (unpaired) electrons. The molecule has 3 aromatic rings. The number of primary sulfonamides is 1. The van der Waals surface area contributed by atoms with Gasteiger partial charge in [0.1, 0.15) is 4.83 Å². The van der Waals surface area contributed by atoms with Gasteiger partial charge in [0.2, 0.25) is 10.0 Å². The molecule has 26 heavy (non-hydrogen) atoms. The Morgan fingerprint density at radius 1 is 1.31 bits per heavy atom. The van der Waals surface area contributed by atoms with Crippen molar-refractivity contribution in [1.29, 1.82) is 0 Å². The van der Waals surface area contributed by atoms with Crippen molar-refractivity contribution in [3.8, 4) is 0 Å². The molecule has 0 unspecified atom stereocenters. The van der Waals surface area contributed by atoms with E-state index in [1.54, 1.807) is 26.1 Å². The van der Waals surface area contributed by atoms with E-state index in [4.69, 9.17) is 5.14 Å². The van der Waals surface area contributed by atoms with E-state index in [-0.39, 0.29) is 22.9 Å². The fourth-order valence-corrected chi connectivity index (χ4v) is 4.06. The third-order valence-electron chi connectivity index (χ3n) is 3.92. The predicted molar refractivity (Wildman–Crippen MR) is 98.6 cm³/mol. The first-order valence-corrected chi connectivity index (χ1v) is 9.89. The third-order valence-corrected chi connectivity index (χ3v) is 6.05. The number of amides is 1. The molecule has 2 aromatic heterocycles. The van der Waals surface area contributed by atoms with Gasteiger partial charge in [-0.3, -0.25) is 9.59 Å². The summed E-state index contributed by atoms with van der Waals surface area (Å²) in [6.07, 6.45) is 1.43. The number of hydrogen-bond donors (Lipinski definition) is 2. The molecule has 0 atom stereocenters. The van der Waals surface area contributed by atoms with Gasteiger partial charge in [-0.05, 0) is 30.2 Å². The smallest absolute Gasteiger partial charge is 0.262 e. The van der Waals surface area contributed by atoms with E-state index < -0.39 is 10.0 Å². The van der Waals surface area contributed by atoms with E-state index in [0.717, 1.165) is 16.9 Å². The van der Waals surface area contributed by atoms with Crippen molar-refractivity contribution in [1.82, 2.24) is 14.9 Å². The molecule has 1 aromatic carbocycles. The van der Waals surface area contributed by atoms with Crippen LogP contribution in [0.1, 0.15) is 20.8 Å². The van der Waals surface area contributed by atoms with Crippen molar-refractivity contribution in [2.24, 2.45) is 12.2 Å². The van der Waals surface area contributed by atoms with Crippen LogP contribution in [0, 0.1) is 6.92 Å². The van der Waals surface area contributed by atoms with E-state index in [1.165, 1.54) is 23.0 Å². The van der Waals surface area contributed by atoms with Crippen molar-refractivity contribution in [2.75, 3.05) is 0 Å². The maximum atomic E-state index is 12.5. The second-order valence-corrected chi connectivity index (χ2v) is 8.33. The lowest BCUT2D eigenvalue weighted by molar-refractivity contribution is 0.0954. The van der Waals surface area contributed by atoms with Gasteiger partial charge in [0.15, 0.2) is 0 Å². The fourth-order valence-electron chi connectivity index (χ4n) is 2.49. The van der Waals surface area contributed by atoms with E-state index in [0.29, 0.717) is 20.7 Å². The van der Waals surface area contributed by atoms with Gasteiger partial charge >= 0.3 is 0 Å². The largest absolute Gasteiger partial charge is 0.347 e. The van der Waals surface area contributed by atoms with E-state index >= 15 is 0 Å². The standard InChI is InChI=1S/C16H16N4O4S2/c1-9-12-15(19-8-20(2)16(12)22)25-13(9)14(21)18-7-10-3-5-11(6-4-10)26(17,23)24/h3-6,8H,7H2,1-2H3,(H,18,21)(H2,17,23,24). The first-order chi connectivity index (χ1) is 12.2. The molecule has 0 saturated carbocycles. The maximum Gasteiger partial charge on any atom is 0.262 e.